The standard InChI is InChI=1S/C9H6FNO2.C8H4FNO2/c1-13-9(12)7-2-6(5-11)3-8(10)4-7;9-7-2-5(4-10)1-6(3-7)8(11)12/h2-4H,1H3;1-3H,(H,11,12). The summed E-state index contributed by atoms with van der Waals surface area (Å²) in [7, 11) is 1.19. The number of aromatic carboxylic acids is 1. The van der Waals surface area contributed by atoms with Crippen molar-refractivity contribution in [1.29, 1.82) is 10.5 Å². The SMILES string of the molecule is COC(=O)c1cc(F)cc(C#N)c1.N#Cc1cc(F)cc(C(=O)O)c1. The Bertz CT molecular complexity index is 898. The smallest absolute Gasteiger partial charge is 0.337 e. The summed E-state index contributed by atoms with van der Waals surface area (Å²) in [5.41, 5.74) is -0.0709. The molecule has 0 radical (unpaired) electrons. The fourth-order valence-electron chi connectivity index (χ4n) is 1.67. The lowest BCUT2D eigenvalue weighted by molar-refractivity contribution is 0.0599. The van der Waals surface area contributed by atoms with Gasteiger partial charge in [-0.25, -0.2) is 18.4 Å². The molecule has 0 unspecified atom stereocenters. The molecule has 0 fully saturated rings. The summed E-state index contributed by atoms with van der Waals surface area (Å²) in [5, 5.41) is 25.3. The van der Waals surface area contributed by atoms with Crippen molar-refractivity contribution in [3.8, 4) is 12.1 Å². The van der Waals surface area contributed by atoms with Gasteiger partial charge in [0.15, 0.2) is 0 Å². The van der Waals surface area contributed by atoms with Crippen LogP contribution in [0.25, 0.3) is 0 Å². The van der Waals surface area contributed by atoms with Crippen molar-refractivity contribution in [3.05, 3.63) is 70.3 Å². The molecule has 25 heavy (non-hydrogen) atoms. The van der Waals surface area contributed by atoms with E-state index in [1.54, 1.807) is 12.1 Å². The van der Waals surface area contributed by atoms with Gasteiger partial charge in [-0.15, -0.1) is 0 Å². The van der Waals surface area contributed by atoms with Crippen LogP contribution in [-0.4, -0.2) is 24.2 Å². The first-order valence-electron chi connectivity index (χ1n) is 6.53. The number of rotatable bonds is 2. The Balaban J connectivity index is 0.000000251. The maximum atomic E-state index is 12.8. The number of nitrogens with zero attached hydrogens (tertiary/aromatic N) is 2. The van der Waals surface area contributed by atoms with Gasteiger partial charge >= 0.3 is 11.9 Å². The summed E-state index contributed by atoms with van der Waals surface area (Å²) >= 11 is 0. The minimum atomic E-state index is -1.24. The van der Waals surface area contributed by atoms with E-state index in [0.29, 0.717) is 0 Å². The molecule has 0 aliphatic carbocycles. The normalized spacial score (nSPS) is 9.00. The van der Waals surface area contributed by atoms with Crippen LogP contribution in [0.5, 0.6) is 0 Å². The molecular formula is C17H10F2N2O4. The number of benzene rings is 2. The van der Waals surface area contributed by atoms with Gasteiger partial charge in [0, 0.05) is 0 Å². The summed E-state index contributed by atoms with van der Waals surface area (Å²) in [5.74, 6) is -3.24. The third kappa shape index (κ3) is 5.73. The van der Waals surface area contributed by atoms with Gasteiger partial charge in [0.05, 0.1) is 41.5 Å². The van der Waals surface area contributed by atoms with Gasteiger partial charge in [-0.1, -0.05) is 0 Å². The number of carboxylic acid groups (broad SMARTS) is 1. The third-order valence-electron chi connectivity index (χ3n) is 2.72. The van der Waals surface area contributed by atoms with Gasteiger partial charge < -0.3 is 9.84 Å². The molecule has 0 atom stereocenters. The molecule has 126 valence electrons. The van der Waals surface area contributed by atoms with Crippen LogP contribution in [0, 0.1) is 34.3 Å². The molecule has 0 aromatic heterocycles. The number of carbonyl (C=O) groups is 2. The highest BCUT2D eigenvalue weighted by Gasteiger charge is 2.08. The van der Waals surface area contributed by atoms with Crippen LogP contribution in [0.3, 0.4) is 0 Å². The van der Waals surface area contributed by atoms with Crippen molar-refractivity contribution in [2.75, 3.05) is 7.11 Å². The maximum absolute atomic E-state index is 12.8. The molecule has 0 aliphatic rings. The summed E-state index contributed by atoms with van der Waals surface area (Å²) < 4.78 is 29.7. The lowest BCUT2D eigenvalue weighted by Gasteiger charge is -1.99. The molecule has 0 bridgehead atoms. The van der Waals surface area contributed by atoms with Crippen molar-refractivity contribution in [2.24, 2.45) is 0 Å². The Hall–Kier alpha value is -3.78. The summed E-state index contributed by atoms with van der Waals surface area (Å²) in [4.78, 5) is 21.3. The number of halogens is 2. The van der Waals surface area contributed by atoms with Crippen LogP contribution in [0.4, 0.5) is 8.78 Å². The zero-order valence-corrected chi connectivity index (χ0v) is 12.8. The summed E-state index contributed by atoms with van der Waals surface area (Å²) in [6, 6.07) is 9.70. The topological polar surface area (TPSA) is 111 Å². The van der Waals surface area contributed by atoms with E-state index in [4.69, 9.17) is 15.6 Å². The Labute approximate surface area is 141 Å². The number of hydrogen-bond donors (Lipinski definition) is 1. The number of nitriles is 2. The van der Waals surface area contributed by atoms with Crippen LogP contribution in [0.15, 0.2) is 36.4 Å². The molecule has 0 spiro atoms. The zero-order chi connectivity index (χ0) is 19.0. The van der Waals surface area contributed by atoms with E-state index in [0.717, 1.165) is 30.3 Å². The quantitative estimate of drug-likeness (QED) is 0.839. The second-order valence-electron chi connectivity index (χ2n) is 4.48. The summed E-state index contributed by atoms with van der Waals surface area (Å²) in [6.07, 6.45) is 0. The molecule has 6 nitrogen and oxygen atoms in total. The molecule has 2 rings (SSSR count). The third-order valence-corrected chi connectivity index (χ3v) is 2.72. The molecule has 8 heteroatoms. The Morgan fingerprint density at radius 3 is 1.76 bits per heavy atom. The first kappa shape index (κ1) is 19.3. The number of ether oxygens (including phenoxy) is 1. The van der Waals surface area contributed by atoms with Gasteiger partial charge in [0.2, 0.25) is 0 Å². The number of methoxy groups -OCH3 is 1. The van der Waals surface area contributed by atoms with Crippen LogP contribution in [0.2, 0.25) is 0 Å². The van der Waals surface area contributed by atoms with Gasteiger partial charge in [-0.05, 0) is 36.4 Å². The van der Waals surface area contributed by atoms with E-state index in [1.807, 2.05) is 0 Å². The number of carboxylic acids is 1. The van der Waals surface area contributed by atoms with Gasteiger partial charge in [0.1, 0.15) is 11.6 Å². The van der Waals surface area contributed by atoms with Gasteiger partial charge in [0.25, 0.3) is 0 Å². The van der Waals surface area contributed by atoms with Crippen molar-refractivity contribution in [3.63, 3.8) is 0 Å². The van der Waals surface area contributed by atoms with Crippen LogP contribution < -0.4 is 0 Å². The average molecular weight is 344 g/mol. The van der Waals surface area contributed by atoms with Gasteiger partial charge in [-0.2, -0.15) is 10.5 Å². The first-order chi connectivity index (χ1) is 11.8. The average Bonchev–Trinajstić information content (AvgIpc) is 2.60. The Morgan fingerprint density at radius 2 is 1.36 bits per heavy atom. The lowest BCUT2D eigenvalue weighted by Crippen LogP contribution is -2.02. The molecule has 0 saturated carbocycles. The fraction of sp³-hybridized carbons (Fsp3) is 0.0588. The van der Waals surface area contributed by atoms with Crippen LogP contribution >= 0.6 is 0 Å². The fourth-order valence-corrected chi connectivity index (χ4v) is 1.67. The van der Waals surface area contributed by atoms with Gasteiger partial charge in [-0.3, -0.25) is 0 Å². The molecule has 0 aliphatic heterocycles. The predicted molar refractivity (Wildman–Crippen MR) is 80.5 cm³/mol. The maximum Gasteiger partial charge on any atom is 0.337 e. The minimum absolute atomic E-state index is 0.00685. The molecule has 1 N–H and O–H groups in total. The van der Waals surface area contributed by atoms with Crippen molar-refractivity contribution in [1.82, 2.24) is 0 Å². The Morgan fingerprint density at radius 1 is 0.920 bits per heavy atom. The molecular weight excluding hydrogens is 334 g/mol. The molecule has 2 aromatic carbocycles. The highest BCUT2D eigenvalue weighted by Crippen LogP contribution is 2.09. The van der Waals surface area contributed by atoms with E-state index < -0.39 is 23.6 Å². The van der Waals surface area contributed by atoms with Crippen LogP contribution in [0.1, 0.15) is 31.8 Å². The zero-order valence-electron chi connectivity index (χ0n) is 12.8. The highest BCUT2D eigenvalue weighted by atomic mass is 19.1. The minimum Gasteiger partial charge on any atom is -0.478 e. The van der Waals surface area contributed by atoms with Crippen molar-refractivity contribution < 1.29 is 28.2 Å². The molecule has 2 aromatic rings. The monoisotopic (exact) mass is 344 g/mol. The van der Waals surface area contributed by atoms with E-state index in [9.17, 15) is 18.4 Å². The predicted octanol–water partition coefficient (Wildman–Crippen LogP) is 2.88. The van der Waals surface area contributed by atoms with E-state index in [2.05, 4.69) is 4.74 Å². The van der Waals surface area contributed by atoms with Crippen LogP contribution in [-0.2, 0) is 4.74 Å². The molecule has 0 saturated heterocycles. The number of esters is 1. The van der Waals surface area contributed by atoms with E-state index in [-0.39, 0.29) is 22.3 Å². The van der Waals surface area contributed by atoms with E-state index >= 15 is 0 Å². The first-order valence-corrected chi connectivity index (χ1v) is 6.53. The second-order valence-corrected chi connectivity index (χ2v) is 4.48. The van der Waals surface area contributed by atoms with Crippen molar-refractivity contribution in [2.45, 2.75) is 0 Å². The highest BCUT2D eigenvalue weighted by molar-refractivity contribution is 5.89. The van der Waals surface area contributed by atoms with E-state index in [1.165, 1.54) is 13.2 Å². The second kappa shape index (κ2) is 8.75. The summed E-state index contributed by atoms with van der Waals surface area (Å²) in [6.45, 7) is 0. The number of carbonyl (C=O) groups excluding carboxylic acids is 1. The molecule has 0 heterocycles. The number of hydrogen-bond acceptors (Lipinski definition) is 5. The Kier molecular flexibility index (Phi) is 6.74. The largest absolute Gasteiger partial charge is 0.478 e. The molecule has 0 amide bonds. The van der Waals surface area contributed by atoms with Crippen molar-refractivity contribution >= 4 is 11.9 Å². The lowest BCUT2D eigenvalue weighted by atomic mass is 10.1.